The fraction of sp³-hybridized carbons (Fsp3) is 0.333. The number of piperazine rings is 1. The number of nitrogens with one attached hydrogen (secondary N) is 1. The monoisotopic (exact) mass is 476 g/mol. The number of methoxy groups -OCH3 is 1. The van der Waals surface area contributed by atoms with Crippen LogP contribution < -0.4 is 14.5 Å². The first kappa shape index (κ1) is 23.1. The molecule has 0 saturated carbocycles. The largest absolute Gasteiger partial charge is 0.634 e. The molecule has 0 atom stereocenters. The molecule has 3 aromatic carbocycles. The van der Waals surface area contributed by atoms with Crippen LogP contribution in [0.25, 0.3) is 10.8 Å². The maximum Gasteiger partial charge on any atom is 0.129 e. The number of fused-ring (bicyclic) bond motifs is 1. The molecule has 1 aliphatic heterocycles. The third-order valence-electron chi connectivity index (χ3n) is 6.05. The highest BCUT2D eigenvalue weighted by atomic mass is 35.5. The van der Waals surface area contributed by atoms with Crippen LogP contribution in [0.5, 0.6) is 11.5 Å². The van der Waals surface area contributed by atoms with Crippen LogP contribution in [0, 0.1) is 10.4 Å². The van der Waals surface area contributed by atoms with Crippen LogP contribution in [0.3, 0.4) is 0 Å². The number of hydrogen-bond acceptors (Lipinski definition) is 4. The smallest absolute Gasteiger partial charge is 0.129 e. The Morgan fingerprint density at radius 2 is 1.78 bits per heavy atom. The van der Waals surface area contributed by atoms with E-state index in [-0.39, 0.29) is 9.71 Å². The first-order valence-electron chi connectivity index (χ1n) is 10.6. The number of hydrogen-bond donors (Lipinski definition) is 1. The molecule has 0 aromatic heterocycles. The lowest BCUT2D eigenvalue weighted by Gasteiger charge is -2.47. The van der Waals surface area contributed by atoms with E-state index in [0.29, 0.717) is 61.5 Å². The summed E-state index contributed by atoms with van der Waals surface area (Å²) in [6, 6.07) is 15.3. The van der Waals surface area contributed by atoms with E-state index < -0.39 is 0 Å². The molecule has 1 N–H and O–H groups in total. The summed E-state index contributed by atoms with van der Waals surface area (Å²) in [5.74, 6) is 1.43. The molecule has 1 aliphatic rings. The summed E-state index contributed by atoms with van der Waals surface area (Å²) in [5.41, 5.74) is 1.94. The number of halogens is 2. The number of hydroxylamine groups is 5. The Morgan fingerprint density at radius 3 is 2.53 bits per heavy atom. The summed E-state index contributed by atoms with van der Waals surface area (Å²) in [4.78, 5) is 0. The molecule has 8 heteroatoms. The zero-order valence-electron chi connectivity index (χ0n) is 17.9. The maximum atomic E-state index is 12.8. The number of quaternary nitrogens is 2. The van der Waals surface area contributed by atoms with Crippen LogP contribution in [0.4, 0.5) is 0 Å². The van der Waals surface area contributed by atoms with Gasteiger partial charge in [-0.05, 0) is 29.8 Å². The molecule has 0 unspecified atom stereocenters. The van der Waals surface area contributed by atoms with Crippen LogP contribution >= 0.6 is 23.2 Å². The number of nitrogens with zero attached hydrogens (tertiary/aromatic N) is 1. The Kier molecular flexibility index (Phi) is 7.10. The molecular weight excluding hydrogens is 451 g/mol. The quantitative estimate of drug-likeness (QED) is 0.413. The first-order valence-corrected chi connectivity index (χ1v) is 11.4. The van der Waals surface area contributed by atoms with Crippen molar-refractivity contribution in [3.05, 3.63) is 80.1 Å². The second kappa shape index (κ2) is 9.83. The fourth-order valence-electron chi connectivity index (χ4n) is 4.06. The van der Waals surface area contributed by atoms with E-state index in [0.717, 1.165) is 27.6 Å². The van der Waals surface area contributed by atoms with E-state index in [1.807, 2.05) is 42.5 Å². The Bertz CT molecular complexity index is 1100. The predicted octanol–water partition coefficient (Wildman–Crippen LogP) is 3.99. The predicted molar refractivity (Wildman–Crippen MR) is 127 cm³/mol. The normalized spacial score (nSPS) is 21.0. The zero-order chi connectivity index (χ0) is 22.7. The Morgan fingerprint density at radius 1 is 1.00 bits per heavy atom. The minimum Gasteiger partial charge on any atom is -0.634 e. The second-order valence-electron chi connectivity index (χ2n) is 8.17. The number of benzene rings is 3. The van der Waals surface area contributed by atoms with Gasteiger partial charge in [0.15, 0.2) is 0 Å². The van der Waals surface area contributed by atoms with Crippen molar-refractivity contribution in [3.8, 4) is 11.5 Å². The van der Waals surface area contributed by atoms with Crippen LogP contribution in [0.1, 0.15) is 11.1 Å². The van der Waals surface area contributed by atoms with E-state index in [9.17, 15) is 10.4 Å². The topological polar surface area (TPSA) is 69.0 Å². The highest BCUT2D eigenvalue weighted by molar-refractivity contribution is 6.45. The fourth-order valence-corrected chi connectivity index (χ4v) is 4.45. The molecule has 6 nitrogen and oxygen atoms in total. The molecule has 0 radical (unpaired) electrons. The van der Waals surface area contributed by atoms with Crippen molar-refractivity contribution in [1.82, 2.24) is 0 Å². The average molecular weight is 477 g/mol. The van der Waals surface area contributed by atoms with Crippen molar-refractivity contribution in [2.45, 2.75) is 13.0 Å². The number of rotatable bonds is 7. The maximum absolute atomic E-state index is 12.8. The molecule has 0 spiro atoms. The van der Waals surface area contributed by atoms with Gasteiger partial charge in [0.25, 0.3) is 0 Å². The standard InChI is InChI=1S/C24H26Cl2N2O4/c1-31-23-15-17(9-12-28(30)13-10-27(29)11-14-28)5-6-18(23)16-32-22-4-2-3-20-19(22)7-8-21(25)24(20)26/h2-8,15,27H,9-14,16H2,1H3. The molecule has 32 heavy (non-hydrogen) atoms. The third kappa shape index (κ3) is 5.12. The average Bonchev–Trinajstić information content (AvgIpc) is 2.81. The molecule has 0 amide bonds. The molecule has 1 heterocycles. The van der Waals surface area contributed by atoms with Gasteiger partial charge in [0.05, 0.1) is 23.7 Å². The molecule has 3 aromatic rings. The van der Waals surface area contributed by atoms with Crippen molar-refractivity contribution in [1.29, 1.82) is 0 Å². The van der Waals surface area contributed by atoms with Crippen LogP contribution in [-0.4, -0.2) is 44.5 Å². The molecule has 1 fully saturated rings. The van der Waals surface area contributed by atoms with Gasteiger partial charge in [0.1, 0.15) is 44.3 Å². The molecule has 1 saturated heterocycles. The Hall–Kier alpha value is -2.06. The summed E-state index contributed by atoms with van der Waals surface area (Å²) >= 11 is 12.5. The lowest BCUT2D eigenvalue weighted by Crippen LogP contribution is -3.11. The summed E-state index contributed by atoms with van der Waals surface area (Å²) in [6.07, 6.45) is 0.637. The van der Waals surface area contributed by atoms with Crippen molar-refractivity contribution in [2.75, 3.05) is 39.8 Å². The molecule has 4 rings (SSSR count). The van der Waals surface area contributed by atoms with E-state index in [1.54, 1.807) is 13.2 Å². The SMILES string of the molecule is COc1cc(CC[N+]2([O-])CC[NH+]([O-])CC2)ccc1COc1cccc2c(Cl)c(Cl)ccc12. The summed E-state index contributed by atoms with van der Waals surface area (Å²) in [5, 5.41) is 27.2. The van der Waals surface area contributed by atoms with Gasteiger partial charge in [-0.1, -0.05) is 47.5 Å². The van der Waals surface area contributed by atoms with E-state index in [2.05, 4.69) is 0 Å². The Balaban J connectivity index is 1.45. The zero-order valence-corrected chi connectivity index (χ0v) is 19.4. The van der Waals surface area contributed by atoms with Gasteiger partial charge in [-0.2, -0.15) is 0 Å². The second-order valence-corrected chi connectivity index (χ2v) is 8.95. The van der Waals surface area contributed by atoms with Gasteiger partial charge in [-0.15, -0.1) is 0 Å². The van der Waals surface area contributed by atoms with Crippen LogP contribution in [0.15, 0.2) is 48.5 Å². The van der Waals surface area contributed by atoms with Crippen molar-refractivity contribution in [3.63, 3.8) is 0 Å². The Labute approximate surface area is 197 Å². The molecular formula is C24H26Cl2N2O4. The van der Waals surface area contributed by atoms with E-state index >= 15 is 0 Å². The van der Waals surface area contributed by atoms with Crippen molar-refractivity contribution in [2.24, 2.45) is 0 Å². The van der Waals surface area contributed by atoms with E-state index in [4.69, 9.17) is 32.7 Å². The summed E-state index contributed by atoms with van der Waals surface area (Å²) < 4.78 is 11.4. The molecule has 0 aliphatic carbocycles. The minimum absolute atomic E-state index is 0.192. The van der Waals surface area contributed by atoms with E-state index in [1.165, 1.54) is 0 Å². The summed E-state index contributed by atoms with van der Waals surface area (Å²) in [7, 11) is 1.63. The van der Waals surface area contributed by atoms with Gasteiger partial charge in [-0.25, -0.2) is 0 Å². The van der Waals surface area contributed by atoms with Crippen LogP contribution in [-0.2, 0) is 13.0 Å². The van der Waals surface area contributed by atoms with Crippen molar-refractivity contribution >= 4 is 34.0 Å². The minimum atomic E-state index is -0.299. The first-order chi connectivity index (χ1) is 15.4. The van der Waals surface area contributed by atoms with Gasteiger partial charge in [0.2, 0.25) is 0 Å². The van der Waals surface area contributed by atoms with Crippen molar-refractivity contribution < 1.29 is 19.2 Å². The highest BCUT2D eigenvalue weighted by Gasteiger charge is 2.24. The van der Waals surface area contributed by atoms with Gasteiger partial charge in [0, 0.05) is 22.8 Å². The molecule has 0 bridgehead atoms. The number of ether oxygens (including phenoxy) is 2. The lowest BCUT2D eigenvalue weighted by molar-refractivity contribution is -0.978. The molecule has 170 valence electrons. The lowest BCUT2D eigenvalue weighted by atomic mass is 10.1. The van der Waals surface area contributed by atoms with Gasteiger partial charge < -0.3 is 29.6 Å². The third-order valence-corrected chi connectivity index (χ3v) is 6.87. The highest BCUT2D eigenvalue weighted by Crippen LogP contribution is 2.35. The van der Waals surface area contributed by atoms with Gasteiger partial charge in [-0.3, -0.25) is 0 Å². The van der Waals surface area contributed by atoms with Gasteiger partial charge >= 0.3 is 0 Å². The summed E-state index contributed by atoms with van der Waals surface area (Å²) in [6.45, 7) is 2.31. The van der Waals surface area contributed by atoms with Crippen LogP contribution in [0.2, 0.25) is 10.0 Å².